The molecule has 1 aromatic carbocycles. The fourth-order valence-corrected chi connectivity index (χ4v) is 3.56. The molecular formula is C20H26Cl2N2O. The first-order chi connectivity index (χ1) is 11.9. The highest BCUT2D eigenvalue weighted by Crippen LogP contribution is 2.36. The van der Waals surface area contributed by atoms with Gasteiger partial charge in [-0.2, -0.15) is 0 Å². The molecule has 0 fully saturated rings. The van der Waals surface area contributed by atoms with Crippen molar-refractivity contribution in [3.05, 3.63) is 39.1 Å². The van der Waals surface area contributed by atoms with E-state index >= 15 is 0 Å². The highest BCUT2D eigenvalue weighted by molar-refractivity contribution is 6.36. The number of hydrogen-bond acceptors (Lipinski definition) is 3. The molecule has 0 unspecified atom stereocenters. The van der Waals surface area contributed by atoms with Gasteiger partial charge in [0.15, 0.2) is 0 Å². The smallest absolute Gasteiger partial charge is 0.236 e. The number of aromatic nitrogens is 2. The number of halogens is 2. The molecule has 0 spiro atoms. The van der Waals surface area contributed by atoms with Crippen LogP contribution in [-0.4, -0.2) is 16.1 Å². The topological polar surface area (TPSA) is 35.0 Å². The van der Waals surface area contributed by atoms with Gasteiger partial charge in [0.05, 0.1) is 22.5 Å². The van der Waals surface area contributed by atoms with Crippen molar-refractivity contribution in [3.63, 3.8) is 0 Å². The summed E-state index contributed by atoms with van der Waals surface area (Å²) in [7, 11) is 0. The van der Waals surface area contributed by atoms with Crippen LogP contribution in [0.2, 0.25) is 10.0 Å². The summed E-state index contributed by atoms with van der Waals surface area (Å²) in [5.74, 6) is 0.652. The van der Waals surface area contributed by atoms with Crippen molar-refractivity contribution in [3.8, 4) is 17.1 Å². The van der Waals surface area contributed by atoms with E-state index in [0.717, 1.165) is 53.9 Å². The standard InChI is InChI=1S/C20H26Cl2N2O/c1-6-14(7-2)25-20-17(9-4)23-19(16(8-3)24-20)18-12(5)10-13(21)11-15(18)22/h10-11,14H,6-9H2,1-5H3. The number of nitrogens with zero attached hydrogens (tertiary/aromatic N) is 2. The van der Waals surface area contributed by atoms with Gasteiger partial charge >= 0.3 is 0 Å². The van der Waals surface area contributed by atoms with Crippen molar-refractivity contribution in [2.24, 2.45) is 0 Å². The largest absolute Gasteiger partial charge is 0.473 e. The molecule has 0 aliphatic carbocycles. The minimum atomic E-state index is 0.163. The van der Waals surface area contributed by atoms with Crippen molar-refractivity contribution >= 4 is 23.2 Å². The molecule has 2 aromatic rings. The quantitative estimate of drug-likeness (QED) is 0.553. The van der Waals surface area contributed by atoms with Crippen LogP contribution in [0.15, 0.2) is 12.1 Å². The van der Waals surface area contributed by atoms with Gasteiger partial charge in [0.25, 0.3) is 0 Å². The molecule has 136 valence electrons. The molecule has 0 bridgehead atoms. The molecule has 3 nitrogen and oxygen atoms in total. The first-order valence-electron chi connectivity index (χ1n) is 8.97. The van der Waals surface area contributed by atoms with Gasteiger partial charge in [-0.1, -0.05) is 50.9 Å². The van der Waals surface area contributed by atoms with Gasteiger partial charge in [-0.3, -0.25) is 0 Å². The Morgan fingerprint density at radius 3 is 2.12 bits per heavy atom. The van der Waals surface area contributed by atoms with Crippen LogP contribution >= 0.6 is 23.2 Å². The van der Waals surface area contributed by atoms with Gasteiger partial charge in [-0.25, -0.2) is 9.97 Å². The molecule has 0 aliphatic heterocycles. The molecule has 25 heavy (non-hydrogen) atoms. The molecule has 2 rings (SSSR count). The summed E-state index contributed by atoms with van der Waals surface area (Å²) in [4.78, 5) is 9.69. The SMILES string of the molecule is CCc1nc(-c2c(C)cc(Cl)cc2Cl)c(CC)nc1OC(CC)CC. The minimum absolute atomic E-state index is 0.163. The maximum Gasteiger partial charge on any atom is 0.236 e. The van der Waals surface area contributed by atoms with Crippen LogP contribution in [0.25, 0.3) is 11.3 Å². The number of hydrogen-bond donors (Lipinski definition) is 0. The lowest BCUT2D eigenvalue weighted by Gasteiger charge is -2.19. The molecule has 1 heterocycles. The Morgan fingerprint density at radius 2 is 1.60 bits per heavy atom. The zero-order chi connectivity index (χ0) is 18.6. The summed E-state index contributed by atoms with van der Waals surface area (Å²) < 4.78 is 6.12. The predicted octanol–water partition coefficient (Wildman–Crippen LogP) is 6.45. The fourth-order valence-electron chi connectivity index (χ4n) is 2.87. The van der Waals surface area contributed by atoms with E-state index < -0.39 is 0 Å². The van der Waals surface area contributed by atoms with Crippen LogP contribution < -0.4 is 4.74 Å². The number of aryl methyl sites for hydroxylation is 3. The molecule has 0 aliphatic rings. The number of benzene rings is 1. The Morgan fingerprint density at radius 1 is 0.960 bits per heavy atom. The Kier molecular flexibility index (Phi) is 7.09. The monoisotopic (exact) mass is 380 g/mol. The Balaban J connectivity index is 2.61. The lowest BCUT2D eigenvalue weighted by atomic mass is 10.0. The summed E-state index contributed by atoms with van der Waals surface area (Å²) in [6.45, 7) is 10.4. The van der Waals surface area contributed by atoms with Crippen molar-refractivity contribution in [2.75, 3.05) is 0 Å². The zero-order valence-electron chi connectivity index (χ0n) is 15.6. The molecule has 0 saturated carbocycles. The third kappa shape index (κ3) is 4.45. The molecule has 5 heteroatoms. The van der Waals surface area contributed by atoms with E-state index in [4.69, 9.17) is 37.9 Å². The summed E-state index contributed by atoms with van der Waals surface area (Å²) in [5.41, 5.74) is 4.49. The van der Waals surface area contributed by atoms with Crippen LogP contribution in [0.4, 0.5) is 0 Å². The molecular weight excluding hydrogens is 355 g/mol. The van der Waals surface area contributed by atoms with Crippen LogP contribution in [0, 0.1) is 6.92 Å². The highest BCUT2D eigenvalue weighted by Gasteiger charge is 2.20. The first-order valence-corrected chi connectivity index (χ1v) is 9.72. The second kappa shape index (κ2) is 8.86. The Bertz CT molecular complexity index is 720. The number of ether oxygens (including phenoxy) is 1. The van der Waals surface area contributed by atoms with Crippen LogP contribution in [0.5, 0.6) is 5.88 Å². The summed E-state index contributed by atoms with van der Waals surface area (Å²) in [6.07, 6.45) is 3.57. The maximum absolute atomic E-state index is 6.48. The highest BCUT2D eigenvalue weighted by atomic mass is 35.5. The number of rotatable bonds is 7. The van der Waals surface area contributed by atoms with Crippen LogP contribution in [0.3, 0.4) is 0 Å². The van der Waals surface area contributed by atoms with Gasteiger partial charge in [-0.15, -0.1) is 0 Å². The van der Waals surface area contributed by atoms with Crippen molar-refractivity contribution < 1.29 is 4.74 Å². The van der Waals surface area contributed by atoms with E-state index in [0.29, 0.717) is 15.9 Å². The third-order valence-corrected chi connectivity index (χ3v) is 4.87. The van der Waals surface area contributed by atoms with Crippen molar-refractivity contribution in [1.29, 1.82) is 0 Å². The van der Waals surface area contributed by atoms with Gasteiger partial charge in [0, 0.05) is 10.6 Å². The normalized spacial score (nSPS) is 11.2. The van der Waals surface area contributed by atoms with E-state index in [9.17, 15) is 0 Å². The molecule has 0 atom stereocenters. The summed E-state index contributed by atoms with van der Waals surface area (Å²) in [6, 6.07) is 3.66. The van der Waals surface area contributed by atoms with Gasteiger partial charge in [0.2, 0.25) is 5.88 Å². The second-order valence-corrected chi connectivity index (χ2v) is 6.96. The average molecular weight is 381 g/mol. The molecule has 0 radical (unpaired) electrons. The van der Waals surface area contributed by atoms with E-state index in [1.807, 2.05) is 13.0 Å². The fraction of sp³-hybridized carbons (Fsp3) is 0.500. The third-order valence-electron chi connectivity index (χ3n) is 4.35. The van der Waals surface area contributed by atoms with E-state index in [2.05, 4.69) is 27.7 Å². The molecule has 0 N–H and O–H groups in total. The average Bonchev–Trinajstić information content (AvgIpc) is 2.58. The van der Waals surface area contributed by atoms with E-state index in [-0.39, 0.29) is 6.10 Å². The molecule has 0 saturated heterocycles. The Labute approximate surface area is 160 Å². The summed E-state index contributed by atoms with van der Waals surface area (Å²) in [5, 5.41) is 1.23. The van der Waals surface area contributed by atoms with Crippen LogP contribution in [-0.2, 0) is 12.8 Å². The second-order valence-electron chi connectivity index (χ2n) is 6.11. The van der Waals surface area contributed by atoms with Gasteiger partial charge < -0.3 is 4.74 Å². The van der Waals surface area contributed by atoms with Crippen molar-refractivity contribution in [2.45, 2.75) is 66.4 Å². The van der Waals surface area contributed by atoms with Crippen molar-refractivity contribution in [1.82, 2.24) is 9.97 Å². The lowest BCUT2D eigenvalue weighted by Crippen LogP contribution is -2.17. The summed E-state index contributed by atoms with van der Waals surface area (Å²) >= 11 is 12.6. The van der Waals surface area contributed by atoms with Gasteiger partial charge in [0.1, 0.15) is 5.69 Å². The van der Waals surface area contributed by atoms with Gasteiger partial charge in [-0.05, 0) is 50.3 Å². The molecule has 1 aromatic heterocycles. The van der Waals surface area contributed by atoms with E-state index in [1.165, 1.54) is 0 Å². The minimum Gasteiger partial charge on any atom is -0.473 e. The predicted molar refractivity (Wildman–Crippen MR) is 106 cm³/mol. The molecule has 0 amide bonds. The lowest BCUT2D eigenvalue weighted by molar-refractivity contribution is 0.181. The zero-order valence-corrected chi connectivity index (χ0v) is 17.1. The van der Waals surface area contributed by atoms with Crippen LogP contribution in [0.1, 0.15) is 57.5 Å². The first kappa shape index (κ1) is 20.0. The Hall–Kier alpha value is -1.32. The maximum atomic E-state index is 6.48. The van der Waals surface area contributed by atoms with E-state index in [1.54, 1.807) is 6.07 Å².